The average Bonchev–Trinajstić information content (AvgIpc) is 2.66. The van der Waals surface area contributed by atoms with Gasteiger partial charge in [-0.1, -0.05) is 6.07 Å². The number of nitrogens with zero attached hydrogens (tertiary/aromatic N) is 1. The monoisotopic (exact) mass is 227 g/mol. The van der Waals surface area contributed by atoms with Crippen molar-refractivity contribution in [3.05, 3.63) is 22.4 Å². The van der Waals surface area contributed by atoms with Gasteiger partial charge in [-0.3, -0.25) is 4.79 Å². The Hall–Kier alpha value is -0.910. The molecule has 0 aromatic carbocycles. The van der Waals surface area contributed by atoms with Crippen LogP contribution in [0.2, 0.25) is 0 Å². The molecule has 0 saturated heterocycles. The highest BCUT2D eigenvalue weighted by Crippen LogP contribution is 2.09. The highest BCUT2D eigenvalue weighted by atomic mass is 32.1. The molecular weight excluding hydrogens is 210 g/mol. The summed E-state index contributed by atoms with van der Waals surface area (Å²) in [4.78, 5) is 14.1. The zero-order valence-electron chi connectivity index (χ0n) is 8.85. The number of thiophene rings is 1. The molecule has 1 rings (SSSR count). The van der Waals surface area contributed by atoms with Gasteiger partial charge in [0.2, 0.25) is 5.91 Å². The molecule has 0 aliphatic rings. The third-order valence-electron chi connectivity index (χ3n) is 2.19. The molecule has 0 radical (unpaired) electrons. The fourth-order valence-corrected chi connectivity index (χ4v) is 1.97. The molecule has 15 heavy (non-hydrogen) atoms. The number of hydrogen-bond donors (Lipinski definition) is 2. The minimum absolute atomic E-state index is 0.446. The van der Waals surface area contributed by atoms with E-state index in [1.54, 1.807) is 11.3 Å². The molecule has 1 unspecified atom stereocenters. The van der Waals surface area contributed by atoms with Crippen LogP contribution >= 0.6 is 11.3 Å². The quantitative estimate of drug-likeness (QED) is 0.720. The number of hydrogen-bond acceptors (Lipinski definition) is 4. The van der Waals surface area contributed by atoms with Crippen LogP contribution < -0.4 is 11.5 Å². The van der Waals surface area contributed by atoms with Crippen molar-refractivity contribution in [2.45, 2.75) is 12.5 Å². The standard InChI is InChI=1S/C10H17N3OS/c1-13(7-9(11)10(12)14)5-4-8-3-2-6-15-8/h2-3,6,9H,4-5,7,11H2,1H3,(H2,12,14). The van der Waals surface area contributed by atoms with Gasteiger partial charge in [-0.25, -0.2) is 0 Å². The SMILES string of the molecule is CN(CCc1cccs1)CC(N)C(N)=O. The molecule has 1 aromatic heterocycles. The first kappa shape index (κ1) is 12.2. The van der Waals surface area contributed by atoms with Crippen molar-refractivity contribution in [2.24, 2.45) is 11.5 Å². The fourth-order valence-electron chi connectivity index (χ4n) is 1.27. The number of primary amides is 1. The minimum Gasteiger partial charge on any atom is -0.368 e. The van der Waals surface area contributed by atoms with Crippen LogP contribution in [0.25, 0.3) is 0 Å². The molecule has 1 heterocycles. The Morgan fingerprint density at radius 2 is 2.40 bits per heavy atom. The van der Waals surface area contributed by atoms with E-state index in [9.17, 15) is 4.79 Å². The Bertz CT molecular complexity index is 300. The average molecular weight is 227 g/mol. The predicted octanol–water partition coefficient (Wildman–Crippen LogP) is 0.0350. The number of amides is 1. The Morgan fingerprint density at radius 1 is 1.67 bits per heavy atom. The number of rotatable bonds is 6. The lowest BCUT2D eigenvalue weighted by Crippen LogP contribution is -2.45. The second-order valence-corrected chi connectivity index (χ2v) is 4.63. The van der Waals surface area contributed by atoms with E-state index in [0.717, 1.165) is 13.0 Å². The highest BCUT2D eigenvalue weighted by Gasteiger charge is 2.11. The summed E-state index contributed by atoms with van der Waals surface area (Å²) in [7, 11) is 1.94. The maximum Gasteiger partial charge on any atom is 0.235 e. The van der Waals surface area contributed by atoms with Gasteiger partial charge in [0.25, 0.3) is 0 Å². The number of carbonyl (C=O) groups excluding carboxylic acids is 1. The topological polar surface area (TPSA) is 72.3 Å². The third-order valence-corrected chi connectivity index (χ3v) is 3.13. The Kier molecular flexibility index (Phi) is 4.74. The smallest absolute Gasteiger partial charge is 0.235 e. The molecular formula is C10H17N3OS. The molecule has 4 nitrogen and oxygen atoms in total. The third kappa shape index (κ3) is 4.42. The van der Waals surface area contributed by atoms with E-state index in [2.05, 4.69) is 11.4 Å². The molecule has 4 N–H and O–H groups in total. The normalized spacial score (nSPS) is 13.0. The lowest BCUT2D eigenvalue weighted by molar-refractivity contribution is -0.119. The van der Waals surface area contributed by atoms with Gasteiger partial charge in [-0.2, -0.15) is 0 Å². The molecule has 0 aliphatic carbocycles. The van der Waals surface area contributed by atoms with Crippen LogP contribution in [-0.4, -0.2) is 37.0 Å². The second-order valence-electron chi connectivity index (χ2n) is 3.60. The van der Waals surface area contributed by atoms with Gasteiger partial charge >= 0.3 is 0 Å². The van der Waals surface area contributed by atoms with Crippen molar-refractivity contribution in [1.29, 1.82) is 0 Å². The molecule has 1 atom stereocenters. The van der Waals surface area contributed by atoms with Crippen LogP contribution in [0, 0.1) is 0 Å². The van der Waals surface area contributed by atoms with Crippen LogP contribution in [0.3, 0.4) is 0 Å². The summed E-state index contributed by atoms with van der Waals surface area (Å²) in [6.45, 7) is 1.40. The molecule has 1 amide bonds. The molecule has 0 bridgehead atoms. The zero-order valence-corrected chi connectivity index (χ0v) is 9.67. The van der Waals surface area contributed by atoms with Crippen molar-refractivity contribution in [3.8, 4) is 0 Å². The Labute approximate surface area is 93.9 Å². The molecule has 0 fully saturated rings. The maximum atomic E-state index is 10.7. The number of nitrogens with two attached hydrogens (primary N) is 2. The summed E-state index contributed by atoms with van der Waals surface area (Å²) in [6, 6.07) is 3.57. The maximum absolute atomic E-state index is 10.7. The van der Waals surface area contributed by atoms with Gasteiger partial charge in [0.05, 0.1) is 6.04 Å². The van der Waals surface area contributed by atoms with E-state index < -0.39 is 11.9 Å². The van der Waals surface area contributed by atoms with Gasteiger partial charge in [-0.15, -0.1) is 11.3 Å². The van der Waals surface area contributed by atoms with Crippen molar-refractivity contribution >= 4 is 17.2 Å². The summed E-state index contributed by atoms with van der Waals surface area (Å²) in [6.07, 6.45) is 0.986. The predicted molar refractivity (Wildman–Crippen MR) is 62.7 cm³/mol. The van der Waals surface area contributed by atoms with Gasteiger partial charge < -0.3 is 16.4 Å². The van der Waals surface area contributed by atoms with E-state index in [4.69, 9.17) is 11.5 Å². The van der Waals surface area contributed by atoms with Crippen molar-refractivity contribution in [3.63, 3.8) is 0 Å². The van der Waals surface area contributed by atoms with Crippen LogP contribution in [0.15, 0.2) is 17.5 Å². The Balaban J connectivity index is 2.24. The number of likely N-dealkylation sites (N-methyl/N-ethyl adjacent to an activating group) is 1. The summed E-state index contributed by atoms with van der Waals surface area (Å²) in [5.74, 6) is -0.446. The van der Waals surface area contributed by atoms with Crippen LogP contribution in [0.1, 0.15) is 4.88 Å². The van der Waals surface area contributed by atoms with Gasteiger partial charge in [0.1, 0.15) is 0 Å². The van der Waals surface area contributed by atoms with E-state index in [0.29, 0.717) is 6.54 Å². The largest absolute Gasteiger partial charge is 0.368 e. The minimum atomic E-state index is -0.571. The van der Waals surface area contributed by atoms with E-state index in [1.165, 1.54) is 4.88 Å². The summed E-state index contributed by atoms with van der Waals surface area (Å²) < 4.78 is 0. The van der Waals surface area contributed by atoms with Crippen LogP contribution in [0.4, 0.5) is 0 Å². The first-order valence-electron chi connectivity index (χ1n) is 4.85. The van der Waals surface area contributed by atoms with E-state index >= 15 is 0 Å². The second kappa shape index (κ2) is 5.85. The first-order chi connectivity index (χ1) is 7.09. The van der Waals surface area contributed by atoms with Crippen molar-refractivity contribution in [1.82, 2.24) is 4.90 Å². The van der Waals surface area contributed by atoms with Crippen LogP contribution in [-0.2, 0) is 11.2 Å². The van der Waals surface area contributed by atoms with Gasteiger partial charge in [-0.05, 0) is 24.9 Å². The lowest BCUT2D eigenvalue weighted by Gasteiger charge is -2.18. The zero-order chi connectivity index (χ0) is 11.3. The summed E-state index contributed by atoms with van der Waals surface area (Å²) in [5.41, 5.74) is 10.6. The molecule has 5 heteroatoms. The lowest BCUT2D eigenvalue weighted by atomic mass is 10.2. The molecule has 0 spiro atoms. The highest BCUT2D eigenvalue weighted by molar-refractivity contribution is 7.09. The Morgan fingerprint density at radius 3 is 2.93 bits per heavy atom. The van der Waals surface area contributed by atoms with Gasteiger partial charge in [0.15, 0.2) is 0 Å². The summed E-state index contributed by atoms with van der Waals surface area (Å²) >= 11 is 1.74. The molecule has 1 aromatic rings. The molecule has 0 saturated carbocycles. The molecule has 0 aliphatic heterocycles. The first-order valence-corrected chi connectivity index (χ1v) is 5.73. The fraction of sp³-hybridized carbons (Fsp3) is 0.500. The molecule has 84 valence electrons. The van der Waals surface area contributed by atoms with E-state index in [-0.39, 0.29) is 0 Å². The van der Waals surface area contributed by atoms with Crippen molar-refractivity contribution < 1.29 is 4.79 Å². The number of carbonyl (C=O) groups is 1. The van der Waals surface area contributed by atoms with Crippen molar-refractivity contribution in [2.75, 3.05) is 20.1 Å². The summed E-state index contributed by atoms with van der Waals surface area (Å²) in [5, 5.41) is 2.06. The van der Waals surface area contributed by atoms with Gasteiger partial charge in [0, 0.05) is 18.0 Å². The van der Waals surface area contributed by atoms with E-state index in [1.807, 2.05) is 18.0 Å². The van der Waals surface area contributed by atoms with Crippen LogP contribution in [0.5, 0.6) is 0 Å².